The summed E-state index contributed by atoms with van der Waals surface area (Å²) in [5.41, 5.74) is 1.32. The molecule has 17 heavy (non-hydrogen) atoms. The molecule has 92 valence electrons. The number of thiophene rings is 1. The van der Waals surface area contributed by atoms with Crippen LogP contribution >= 0.6 is 11.3 Å². The maximum atomic E-state index is 12.5. The SMILES string of the molecule is CC1CCN(C(=O)c2sccc2C2CC2)CC1. The standard InChI is InChI=1S/C14H19NOS/c1-10-4-7-15(8-5-10)14(16)13-12(6-9-17-13)11-2-3-11/h6,9-11H,2-5,7-8H2,1H3. The lowest BCUT2D eigenvalue weighted by Gasteiger charge is -2.30. The van der Waals surface area contributed by atoms with Crippen molar-refractivity contribution in [2.45, 2.75) is 38.5 Å². The minimum absolute atomic E-state index is 0.286. The molecule has 0 atom stereocenters. The van der Waals surface area contributed by atoms with Gasteiger partial charge in [-0.3, -0.25) is 4.79 Å². The van der Waals surface area contributed by atoms with Gasteiger partial charge >= 0.3 is 0 Å². The highest BCUT2D eigenvalue weighted by atomic mass is 32.1. The van der Waals surface area contributed by atoms with Gasteiger partial charge in [0.25, 0.3) is 5.91 Å². The molecule has 0 unspecified atom stereocenters. The van der Waals surface area contributed by atoms with Crippen molar-refractivity contribution in [1.82, 2.24) is 4.90 Å². The summed E-state index contributed by atoms with van der Waals surface area (Å²) in [4.78, 5) is 15.5. The maximum absolute atomic E-state index is 12.5. The second-order valence-corrected chi connectivity index (χ2v) is 6.37. The zero-order valence-electron chi connectivity index (χ0n) is 10.3. The van der Waals surface area contributed by atoms with E-state index in [4.69, 9.17) is 0 Å². The summed E-state index contributed by atoms with van der Waals surface area (Å²) in [6.07, 6.45) is 4.87. The van der Waals surface area contributed by atoms with Crippen LogP contribution in [0.25, 0.3) is 0 Å². The molecule has 3 heteroatoms. The maximum Gasteiger partial charge on any atom is 0.264 e. The van der Waals surface area contributed by atoms with E-state index in [1.807, 2.05) is 0 Å². The number of piperidine rings is 1. The van der Waals surface area contributed by atoms with Crippen molar-refractivity contribution in [3.05, 3.63) is 21.9 Å². The second-order valence-electron chi connectivity index (χ2n) is 5.45. The van der Waals surface area contributed by atoms with E-state index < -0.39 is 0 Å². The Morgan fingerprint density at radius 2 is 2.00 bits per heavy atom. The molecule has 2 aliphatic rings. The summed E-state index contributed by atoms with van der Waals surface area (Å²) >= 11 is 1.63. The molecule has 2 nitrogen and oxygen atoms in total. The van der Waals surface area contributed by atoms with E-state index in [9.17, 15) is 4.79 Å². The monoisotopic (exact) mass is 249 g/mol. The molecule has 2 fully saturated rings. The van der Waals surface area contributed by atoms with Crippen LogP contribution < -0.4 is 0 Å². The van der Waals surface area contributed by atoms with E-state index in [2.05, 4.69) is 23.3 Å². The Bertz CT molecular complexity index is 414. The molecule has 1 aliphatic heterocycles. The summed E-state index contributed by atoms with van der Waals surface area (Å²) in [6.45, 7) is 4.17. The summed E-state index contributed by atoms with van der Waals surface area (Å²) in [5.74, 6) is 1.75. The average molecular weight is 249 g/mol. The summed E-state index contributed by atoms with van der Waals surface area (Å²) in [6, 6.07) is 2.15. The normalized spacial score (nSPS) is 21.8. The van der Waals surface area contributed by atoms with Crippen LogP contribution in [0.1, 0.15) is 53.8 Å². The van der Waals surface area contributed by atoms with Gasteiger partial charge in [-0.05, 0) is 54.5 Å². The summed E-state index contributed by atoms with van der Waals surface area (Å²) < 4.78 is 0. The zero-order valence-corrected chi connectivity index (χ0v) is 11.1. The highest BCUT2D eigenvalue weighted by Crippen LogP contribution is 2.43. The third-order valence-electron chi connectivity index (χ3n) is 3.98. The van der Waals surface area contributed by atoms with E-state index in [1.165, 1.54) is 18.4 Å². The van der Waals surface area contributed by atoms with E-state index in [0.29, 0.717) is 5.92 Å². The first kappa shape index (κ1) is 11.3. The van der Waals surface area contributed by atoms with Crippen LogP contribution in [0.2, 0.25) is 0 Å². The van der Waals surface area contributed by atoms with Crippen molar-refractivity contribution in [3.63, 3.8) is 0 Å². The van der Waals surface area contributed by atoms with Gasteiger partial charge in [0.15, 0.2) is 0 Å². The Balaban J connectivity index is 1.74. The second kappa shape index (κ2) is 4.45. The van der Waals surface area contributed by atoms with Gasteiger partial charge in [-0.15, -0.1) is 11.3 Å². The molecular formula is C14H19NOS. The molecule has 0 aromatic carbocycles. The van der Waals surface area contributed by atoms with E-state index in [1.54, 1.807) is 11.3 Å². The van der Waals surface area contributed by atoms with Crippen molar-refractivity contribution in [3.8, 4) is 0 Å². The third-order valence-corrected chi connectivity index (χ3v) is 4.90. The van der Waals surface area contributed by atoms with Crippen molar-refractivity contribution in [1.29, 1.82) is 0 Å². The number of nitrogens with zero attached hydrogens (tertiary/aromatic N) is 1. The Kier molecular flexibility index (Phi) is 2.95. The fourth-order valence-electron chi connectivity index (χ4n) is 2.56. The Hall–Kier alpha value is -0.830. The molecule has 1 saturated carbocycles. The van der Waals surface area contributed by atoms with Crippen LogP contribution in [0.5, 0.6) is 0 Å². The Morgan fingerprint density at radius 1 is 1.29 bits per heavy atom. The largest absolute Gasteiger partial charge is 0.338 e. The lowest BCUT2D eigenvalue weighted by molar-refractivity contribution is 0.0701. The molecule has 1 aromatic heterocycles. The molecule has 1 aromatic rings. The van der Waals surface area contributed by atoms with Gasteiger partial charge in [-0.25, -0.2) is 0 Å². The summed E-state index contributed by atoms with van der Waals surface area (Å²) in [7, 11) is 0. The fourth-order valence-corrected chi connectivity index (χ4v) is 3.52. The molecule has 1 amide bonds. The first-order valence-corrected chi connectivity index (χ1v) is 7.50. The smallest absolute Gasteiger partial charge is 0.264 e. The van der Waals surface area contributed by atoms with Crippen LogP contribution in [0.4, 0.5) is 0 Å². The molecule has 2 heterocycles. The minimum Gasteiger partial charge on any atom is -0.338 e. The number of hydrogen-bond donors (Lipinski definition) is 0. The van der Waals surface area contributed by atoms with E-state index in [0.717, 1.165) is 36.7 Å². The van der Waals surface area contributed by atoms with Crippen molar-refractivity contribution in [2.24, 2.45) is 5.92 Å². The molecule has 0 spiro atoms. The quantitative estimate of drug-likeness (QED) is 0.785. The molecule has 3 rings (SSSR count). The van der Waals surface area contributed by atoms with Gasteiger partial charge in [-0.1, -0.05) is 6.92 Å². The molecule has 0 N–H and O–H groups in total. The predicted octanol–water partition coefficient (Wildman–Crippen LogP) is 3.50. The van der Waals surface area contributed by atoms with Crippen molar-refractivity contribution < 1.29 is 4.79 Å². The Labute approximate surface area is 107 Å². The number of amides is 1. The first-order chi connectivity index (χ1) is 8.25. The van der Waals surface area contributed by atoms with Crippen LogP contribution in [-0.4, -0.2) is 23.9 Å². The molecule has 0 radical (unpaired) electrons. The van der Waals surface area contributed by atoms with Crippen LogP contribution in [0.3, 0.4) is 0 Å². The van der Waals surface area contributed by atoms with Crippen LogP contribution in [0.15, 0.2) is 11.4 Å². The number of rotatable bonds is 2. The van der Waals surface area contributed by atoms with Gasteiger partial charge in [0, 0.05) is 13.1 Å². The highest BCUT2D eigenvalue weighted by molar-refractivity contribution is 7.12. The van der Waals surface area contributed by atoms with Gasteiger partial charge in [0.05, 0.1) is 4.88 Å². The van der Waals surface area contributed by atoms with E-state index in [-0.39, 0.29) is 5.91 Å². The Morgan fingerprint density at radius 3 is 2.65 bits per heavy atom. The lowest BCUT2D eigenvalue weighted by Crippen LogP contribution is -2.37. The summed E-state index contributed by atoms with van der Waals surface area (Å²) in [5, 5.41) is 2.08. The molecule has 1 saturated heterocycles. The molecule has 0 bridgehead atoms. The van der Waals surface area contributed by atoms with E-state index >= 15 is 0 Å². The minimum atomic E-state index is 0.286. The zero-order chi connectivity index (χ0) is 11.8. The number of hydrogen-bond acceptors (Lipinski definition) is 2. The van der Waals surface area contributed by atoms with Gasteiger partial charge < -0.3 is 4.90 Å². The number of likely N-dealkylation sites (tertiary alicyclic amines) is 1. The van der Waals surface area contributed by atoms with Gasteiger partial charge in [-0.2, -0.15) is 0 Å². The first-order valence-electron chi connectivity index (χ1n) is 6.62. The van der Waals surface area contributed by atoms with Crippen molar-refractivity contribution >= 4 is 17.2 Å². The molecular weight excluding hydrogens is 230 g/mol. The van der Waals surface area contributed by atoms with Gasteiger partial charge in [0.1, 0.15) is 0 Å². The number of carbonyl (C=O) groups is 1. The lowest BCUT2D eigenvalue weighted by atomic mass is 9.99. The predicted molar refractivity (Wildman–Crippen MR) is 70.6 cm³/mol. The fraction of sp³-hybridized carbons (Fsp3) is 0.643. The third kappa shape index (κ3) is 2.25. The van der Waals surface area contributed by atoms with Crippen LogP contribution in [0, 0.1) is 5.92 Å². The van der Waals surface area contributed by atoms with Gasteiger partial charge in [0.2, 0.25) is 0 Å². The average Bonchev–Trinajstić information content (AvgIpc) is 3.07. The number of carbonyl (C=O) groups excluding carboxylic acids is 1. The van der Waals surface area contributed by atoms with Crippen molar-refractivity contribution in [2.75, 3.05) is 13.1 Å². The highest BCUT2D eigenvalue weighted by Gasteiger charge is 2.31. The molecule has 1 aliphatic carbocycles. The van der Waals surface area contributed by atoms with Crippen LogP contribution in [-0.2, 0) is 0 Å². The topological polar surface area (TPSA) is 20.3 Å².